The molecule has 1 saturated heterocycles. The summed E-state index contributed by atoms with van der Waals surface area (Å²) in [6, 6.07) is 9.59. The Bertz CT molecular complexity index is 1310. The van der Waals surface area contributed by atoms with E-state index in [9.17, 15) is 13.2 Å². The Labute approximate surface area is 226 Å². The first kappa shape index (κ1) is 28.6. The summed E-state index contributed by atoms with van der Waals surface area (Å²) < 4.78 is 36.6. The molecule has 196 valence electrons. The monoisotopic (exact) mass is 573 g/mol. The average Bonchev–Trinajstić information content (AvgIpc) is 3.31. The lowest BCUT2D eigenvalue weighted by atomic mass is 10.2. The molecule has 4 rings (SSSR count). The highest BCUT2D eigenvalue weighted by molar-refractivity contribution is 7.92. The third kappa shape index (κ3) is 5.95. The molecule has 1 aliphatic rings. The Hall–Kier alpha value is -1.95. The Balaban J connectivity index is 0.00000361. The van der Waals surface area contributed by atoms with Gasteiger partial charge in [-0.2, -0.15) is 0 Å². The molecule has 3 aromatic rings. The molecule has 1 aromatic heterocycles. The molecule has 2 heterocycles. The van der Waals surface area contributed by atoms with Crippen molar-refractivity contribution in [1.29, 1.82) is 0 Å². The molecule has 0 saturated carbocycles. The molecule has 2 aromatic carbocycles. The molecule has 0 atom stereocenters. The molecular formula is C24H29Cl2N3O5S2. The van der Waals surface area contributed by atoms with Crippen LogP contribution in [0.15, 0.2) is 41.3 Å². The van der Waals surface area contributed by atoms with Gasteiger partial charge in [-0.15, -0.1) is 12.4 Å². The second-order valence-electron chi connectivity index (χ2n) is 8.45. The van der Waals surface area contributed by atoms with Gasteiger partial charge in [-0.3, -0.25) is 14.6 Å². The number of sulfone groups is 1. The van der Waals surface area contributed by atoms with Gasteiger partial charge in [0.05, 0.1) is 40.2 Å². The molecule has 0 bridgehead atoms. The Morgan fingerprint density at radius 3 is 2.47 bits per heavy atom. The first-order chi connectivity index (χ1) is 16.7. The summed E-state index contributed by atoms with van der Waals surface area (Å²) in [5.74, 6) is 0.316. The molecular weight excluding hydrogens is 545 g/mol. The number of ether oxygens (including phenoxy) is 2. The third-order valence-corrected chi connectivity index (χ3v) is 9.65. The zero-order valence-corrected chi connectivity index (χ0v) is 23.5. The predicted octanol–water partition coefficient (Wildman–Crippen LogP) is 4.54. The molecule has 0 spiro atoms. The highest BCUT2D eigenvalue weighted by Crippen LogP contribution is 2.39. The van der Waals surface area contributed by atoms with Crippen molar-refractivity contribution in [2.45, 2.75) is 24.0 Å². The number of morpholine rings is 1. The molecule has 0 radical (unpaired) electrons. The fourth-order valence-corrected chi connectivity index (χ4v) is 6.13. The van der Waals surface area contributed by atoms with Gasteiger partial charge in [0.1, 0.15) is 11.3 Å². The fraction of sp³-hybridized carbons (Fsp3) is 0.417. The average molecular weight is 575 g/mol. The Morgan fingerprint density at radius 1 is 1.19 bits per heavy atom. The van der Waals surface area contributed by atoms with Crippen LogP contribution in [0.5, 0.6) is 5.75 Å². The van der Waals surface area contributed by atoms with Crippen LogP contribution in [0, 0.1) is 0 Å². The SMILES string of the molecule is COc1ccc(Cl)c2sc(N(CCN3CCOCC3)C(=O)c3ccc(S(=O)(=O)C(C)C)cc3)nc12.Cl. The van der Waals surface area contributed by atoms with Crippen molar-refractivity contribution in [2.24, 2.45) is 0 Å². The number of fused-ring (bicyclic) bond motifs is 1. The van der Waals surface area contributed by atoms with Gasteiger partial charge >= 0.3 is 0 Å². The minimum Gasteiger partial charge on any atom is -0.494 e. The van der Waals surface area contributed by atoms with Crippen molar-refractivity contribution in [1.82, 2.24) is 9.88 Å². The maximum atomic E-state index is 13.7. The number of benzene rings is 2. The van der Waals surface area contributed by atoms with Crippen molar-refractivity contribution in [2.75, 3.05) is 51.4 Å². The number of hydrogen-bond donors (Lipinski definition) is 0. The third-order valence-electron chi connectivity index (χ3n) is 5.94. The lowest BCUT2D eigenvalue weighted by Crippen LogP contribution is -2.43. The fourth-order valence-electron chi connectivity index (χ4n) is 3.79. The minimum atomic E-state index is -3.43. The van der Waals surface area contributed by atoms with Gasteiger partial charge in [-0.1, -0.05) is 22.9 Å². The van der Waals surface area contributed by atoms with Crippen molar-refractivity contribution in [3.63, 3.8) is 0 Å². The van der Waals surface area contributed by atoms with Crippen LogP contribution in [0.2, 0.25) is 5.02 Å². The number of thiazole rings is 1. The van der Waals surface area contributed by atoms with Crippen LogP contribution in [0.3, 0.4) is 0 Å². The molecule has 12 heteroatoms. The quantitative estimate of drug-likeness (QED) is 0.390. The van der Waals surface area contributed by atoms with Crippen LogP contribution < -0.4 is 9.64 Å². The molecule has 1 fully saturated rings. The summed E-state index contributed by atoms with van der Waals surface area (Å²) >= 11 is 7.74. The van der Waals surface area contributed by atoms with Crippen LogP contribution in [0.25, 0.3) is 10.2 Å². The van der Waals surface area contributed by atoms with Crippen LogP contribution in [0.1, 0.15) is 24.2 Å². The maximum absolute atomic E-state index is 13.7. The molecule has 0 unspecified atom stereocenters. The van der Waals surface area contributed by atoms with Gasteiger partial charge in [0.15, 0.2) is 15.0 Å². The number of nitrogens with zero attached hydrogens (tertiary/aromatic N) is 3. The summed E-state index contributed by atoms with van der Waals surface area (Å²) in [5, 5.41) is 0.494. The first-order valence-corrected chi connectivity index (χ1v) is 14.1. The number of carbonyl (C=O) groups excluding carboxylic acids is 1. The maximum Gasteiger partial charge on any atom is 0.260 e. The molecule has 1 aliphatic heterocycles. The van der Waals surface area contributed by atoms with E-state index in [1.165, 1.54) is 23.5 Å². The molecule has 8 nitrogen and oxygen atoms in total. The second kappa shape index (κ2) is 12.1. The van der Waals surface area contributed by atoms with Crippen LogP contribution in [-0.2, 0) is 14.6 Å². The summed E-state index contributed by atoms with van der Waals surface area (Å²) in [5.41, 5.74) is 0.981. The minimum absolute atomic E-state index is 0. The molecule has 0 aliphatic carbocycles. The topological polar surface area (TPSA) is 89.0 Å². The number of halogens is 2. The van der Waals surface area contributed by atoms with E-state index in [0.717, 1.165) is 17.8 Å². The van der Waals surface area contributed by atoms with E-state index in [1.54, 1.807) is 50.1 Å². The highest BCUT2D eigenvalue weighted by atomic mass is 35.5. The number of hydrogen-bond acceptors (Lipinski definition) is 8. The molecule has 36 heavy (non-hydrogen) atoms. The predicted molar refractivity (Wildman–Crippen MR) is 146 cm³/mol. The summed E-state index contributed by atoms with van der Waals surface area (Å²) in [6.45, 7) is 7.23. The van der Waals surface area contributed by atoms with Gasteiger partial charge in [0, 0.05) is 31.7 Å². The standard InChI is InChI=1S/C24H28ClN3O5S2.ClH/c1-16(2)35(30,31)18-6-4-17(5-7-18)23(29)28(11-10-27-12-14-33-15-13-27)24-26-21-20(32-3)9-8-19(25)22(21)34-24;/h4-9,16H,10-15H2,1-3H3;1H. The number of amides is 1. The highest BCUT2D eigenvalue weighted by Gasteiger charge is 2.25. The van der Waals surface area contributed by atoms with Gasteiger partial charge in [0.2, 0.25) is 0 Å². The molecule has 1 amide bonds. The van der Waals surface area contributed by atoms with E-state index in [4.69, 9.17) is 26.1 Å². The van der Waals surface area contributed by atoms with Crippen LogP contribution >= 0.6 is 35.3 Å². The number of carbonyl (C=O) groups is 1. The van der Waals surface area contributed by atoms with Crippen molar-refractivity contribution in [3.8, 4) is 5.75 Å². The second-order valence-corrected chi connectivity index (χ2v) is 12.3. The van der Waals surface area contributed by atoms with Crippen LogP contribution in [-0.4, -0.2) is 76.0 Å². The van der Waals surface area contributed by atoms with Gasteiger partial charge in [-0.05, 0) is 50.2 Å². The van der Waals surface area contributed by atoms with Gasteiger partial charge in [0.25, 0.3) is 5.91 Å². The van der Waals surface area contributed by atoms with Gasteiger partial charge in [-0.25, -0.2) is 13.4 Å². The number of rotatable bonds is 8. The number of methoxy groups -OCH3 is 1. The van der Waals surface area contributed by atoms with E-state index < -0.39 is 15.1 Å². The molecule has 0 N–H and O–H groups in total. The lowest BCUT2D eigenvalue weighted by Gasteiger charge is -2.29. The van der Waals surface area contributed by atoms with E-state index >= 15 is 0 Å². The first-order valence-electron chi connectivity index (χ1n) is 11.3. The number of anilines is 1. The van der Waals surface area contributed by atoms with E-state index in [0.29, 0.717) is 53.3 Å². The summed E-state index contributed by atoms with van der Waals surface area (Å²) in [6.07, 6.45) is 0. The normalized spacial score (nSPS) is 14.6. The zero-order valence-electron chi connectivity index (χ0n) is 20.3. The van der Waals surface area contributed by atoms with E-state index in [-0.39, 0.29) is 23.2 Å². The van der Waals surface area contributed by atoms with Crippen molar-refractivity contribution in [3.05, 3.63) is 47.0 Å². The zero-order chi connectivity index (χ0) is 25.2. The van der Waals surface area contributed by atoms with Crippen molar-refractivity contribution >= 4 is 66.4 Å². The van der Waals surface area contributed by atoms with E-state index in [2.05, 4.69) is 4.90 Å². The van der Waals surface area contributed by atoms with E-state index in [1.807, 2.05) is 0 Å². The lowest BCUT2D eigenvalue weighted by molar-refractivity contribution is 0.0391. The number of aromatic nitrogens is 1. The summed E-state index contributed by atoms with van der Waals surface area (Å²) in [4.78, 5) is 22.4. The largest absolute Gasteiger partial charge is 0.494 e. The Morgan fingerprint density at radius 2 is 1.86 bits per heavy atom. The van der Waals surface area contributed by atoms with Gasteiger partial charge < -0.3 is 9.47 Å². The summed E-state index contributed by atoms with van der Waals surface area (Å²) in [7, 11) is -1.86. The Kier molecular flexibility index (Phi) is 9.59. The van der Waals surface area contributed by atoms with Crippen molar-refractivity contribution < 1.29 is 22.7 Å². The van der Waals surface area contributed by atoms with Crippen LogP contribution in [0.4, 0.5) is 5.13 Å². The smallest absolute Gasteiger partial charge is 0.260 e.